The number of amides is 1. The Hall–Kier alpha value is -1.52. The lowest BCUT2D eigenvalue weighted by atomic mass is 10.4. The minimum atomic E-state index is -0.273. The van der Waals surface area contributed by atoms with Crippen LogP contribution >= 0.6 is 0 Å². The second-order valence-corrected chi connectivity index (χ2v) is 1.97. The van der Waals surface area contributed by atoms with Crippen LogP contribution in [-0.4, -0.2) is 28.1 Å². The second-order valence-electron chi connectivity index (χ2n) is 1.97. The molecule has 1 N–H and O–H groups in total. The SMILES string of the molecule is CC.CNC(=O)c1cnc(C)nn1. The maximum Gasteiger partial charge on any atom is 0.273 e. The Morgan fingerprint density at radius 1 is 1.38 bits per heavy atom. The minimum absolute atomic E-state index is 0.234. The molecule has 5 heteroatoms. The van der Waals surface area contributed by atoms with Crippen molar-refractivity contribution in [3.05, 3.63) is 17.7 Å². The van der Waals surface area contributed by atoms with E-state index in [9.17, 15) is 4.79 Å². The number of hydrogen-bond acceptors (Lipinski definition) is 4. The highest BCUT2D eigenvalue weighted by Gasteiger charge is 2.03. The van der Waals surface area contributed by atoms with E-state index in [1.807, 2.05) is 13.8 Å². The third-order valence-electron chi connectivity index (χ3n) is 1.14. The minimum Gasteiger partial charge on any atom is -0.354 e. The van der Waals surface area contributed by atoms with E-state index in [0.29, 0.717) is 5.82 Å². The number of aryl methyl sites for hydroxylation is 1. The van der Waals surface area contributed by atoms with Gasteiger partial charge in [0.05, 0.1) is 6.20 Å². The van der Waals surface area contributed by atoms with Gasteiger partial charge in [-0.15, -0.1) is 10.2 Å². The van der Waals surface area contributed by atoms with Gasteiger partial charge >= 0.3 is 0 Å². The van der Waals surface area contributed by atoms with Gasteiger partial charge in [0.15, 0.2) is 5.69 Å². The van der Waals surface area contributed by atoms with Gasteiger partial charge in [-0.2, -0.15) is 0 Å². The highest BCUT2D eigenvalue weighted by molar-refractivity contribution is 5.91. The second kappa shape index (κ2) is 6.05. The van der Waals surface area contributed by atoms with Gasteiger partial charge in [0, 0.05) is 7.05 Å². The molecule has 0 aliphatic carbocycles. The Morgan fingerprint density at radius 2 is 2.00 bits per heavy atom. The molecular formula is C8H14N4O. The zero-order valence-corrected chi connectivity index (χ0v) is 8.33. The van der Waals surface area contributed by atoms with Crippen LogP contribution in [0.15, 0.2) is 6.20 Å². The summed E-state index contributed by atoms with van der Waals surface area (Å²) >= 11 is 0. The average Bonchev–Trinajstić information content (AvgIpc) is 2.21. The lowest BCUT2D eigenvalue weighted by molar-refractivity contribution is 0.0956. The third-order valence-corrected chi connectivity index (χ3v) is 1.14. The summed E-state index contributed by atoms with van der Waals surface area (Å²) in [5.41, 5.74) is 0.234. The lowest BCUT2D eigenvalue weighted by Gasteiger charge is -1.95. The van der Waals surface area contributed by atoms with Crippen molar-refractivity contribution < 1.29 is 4.79 Å². The zero-order chi connectivity index (χ0) is 10.3. The van der Waals surface area contributed by atoms with Crippen molar-refractivity contribution in [1.29, 1.82) is 0 Å². The molecule has 0 radical (unpaired) electrons. The molecule has 0 unspecified atom stereocenters. The maximum absolute atomic E-state index is 10.9. The molecular weight excluding hydrogens is 168 g/mol. The van der Waals surface area contributed by atoms with Gasteiger partial charge in [0.2, 0.25) is 0 Å². The normalized spacial score (nSPS) is 8.31. The lowest BCUT2D eigenvalue weighted by Crippen LogP contribution is -2.20. The smallest absolute Gasteiger partial charge is 0.273 e. The topological polar surface area (TPSA) is 67.8 Å². The Balaban J connectivity index is 0.000000671. The number of carbonyl (C=O) groups excluding carboxylic acids is 1. The third kappa shape index (κ3) is 3.59. The van der Waals surface area contributed by atoms with Crippen LogP contribution < -0.4 is 5.32 Å². The van der Waals surface area contributed by atoms with Gasteiger partial charge in [0.1, 0.15) is 5.82 Å². The number of aromatic nitrogens is 3. The van der Waals surface area contributed by atoms with Gasteiger partial charge in [0.25, 0.3) is 5.91 Å². The quantitative estimate of drug-likeness (QED) is 0.689. The molecule has 13 heavy (non-hydrogen) atoms. The first kappa shape index (κ1) is 11.5. The van der Waals surface area contributed by atoms with Crippen molar-refractivity contribution in [3.63, 3.8) is 0 Å². The summed E-state index contributed by atoms with van der Waals surface area (Å²) in [4.78, 5) is 14.7. The molecule has 72 valence electrons. The zero-order valence-electron chi connectivity index (χ0n) is 8.33. The van der Waals surface area contributed by atoms with Gasteiger partial charge in [-0.3, -0.25) is 4.79 Å². The van der Waals surface area contributed by atoms with E-state index in [2.05, 4.69) is 20.5 Å². The van der Waals surface area contributed by atoms with Crippen LogP contribution in [0.25, 0.3) is 0 Å². The van der Waals surface area contributed by atoms with Crippen molar-refractivity contribution in [3.8, 4) is 0 Å². The molecule has 1 aromatic rings. The van der Waals surface area contributed by atoms with Crippen LogP contribution in [0.3, 0.4) is 0 Å². The summed E-state index contributed by atoms with van der Waals surface area (Å²) in [5, 5.41) is 9.67. The highest BCUT2D eigenvalue weighted by Crippen LogP contribution is 1.88. The van der Waals surface area contributed by atoms with E-state index in [1.165, 1.54) is 13.2 Å². The molecule has 0 spiro atoms. The van der Waals surface area contributed by atoms with E-state index in [0.717, 1.165) is 0 Å². The van der Waals surface area contributed by atoms with Crippen LogP contribution in [-0.2, 0) is 0 Å². The summed E-state index contributed by atoms with van der Waals surface area (Å²) in [5.74, 6) is 0.280. The summed E-state index contributed by atoms with van der Waals surface area (Å²) in [7, 11) is 1.53. The summed E-state index contributed by atoms with van der Waals surface area (Å²) in [6.07, 6.45) is 1.39. The molecule has 1 amide bonds. The largest absolute Gasteiger partial charge is 0.354 e. The summed E-state index contributed by atoms with van der Waals surface area (Å²) in [6, 6.07) is 0. The maximum atomic E-state index is 10.9. The van der Waals surface area contributed by atoms with Crippen LogP contribution in [0.1, 0.15) is 30.2 Å². The van der Waals surface area contributed by atoms with Crippen molar-refractivity contribution >= 4 is 5.91 Å². The van der Waals surface area contributed by atoms with Crippen LogP contribution in [0.4, 0.5) is 0 Å². The van der Waals surface area contributed by atoms with Crippen LogP contribution in [0, 0.1) is 6.92 Å². The molecule has 0 fully saturated rings. The fourth-order valence-corrected chi connectivity index (χ4v) is 0.565. The Morgan fingerprint density at radius 3 is 2.38 bits per heavy atom. The fourth-order valence-electron chi connectivity index (χ4n) is 0.565. The molecule has 1 aromatic heterocycles. The predicted molar refractivity (Wildman–Crippen MR) is 49.3 cm³/mol. The number of nitrogens with one attached hydrogen (secondary N) is 1. The highest BCUT2D eigenvalue weighted by atomic mass is 16.1. The molecule has 0 saturated carbocycles. The van der Waals surface area contributed by atoms with Gasteiger partial charge in [-0.25, -0.2) is 4.98 Å². The molecule has 0 aliphatic heterocycles. The molecule has 0 bridgehead atoms. The van der Waals surface area contributed by atoms with Crippen molar-refractivity contribution in [2.75, 3.05) is 7.05 Å². The van der Waals surface area contributed by atoms with Crippen molar-refractivity contribution in [1.82, 2.24) is 20.5 Å². The van der Waals surface area contributed by atoms with E-state index < -0.39 is 0 Å². The first-order valence-corrected chi connectivity index (χ1v) is 4.12. The molecule has 0 aromatic carbocycles. The van der Waals surface area contributed by atoms with Gasteiger partial charge < -0.3 is 5.32 Å². The Bertz CT molecular complexity index is 257. The van der Waals surface area contributed by atoms with Crippen LogP contribution in [0.5, 0.6) is 0 Å². The summed E-state index contributed by atoms with van der Waals surface area (Å²) in [6.45, 7) is 5.71. The van der Waals surface area contributed by atoms with E-state index in [4.69, 9.17) is 0 Å². The number of hydrogen-bond donors (Lipinski definition) is 1. The molecule has 5 nitrogen and oxygen atoms in total. The number of carbonyl (C=O) groups is 1. The van der Waals surface area contributed by atoms with E-state index >= 15 is 0 Å². The average molecular weight is 182 g/mol. The molecule has 1 rings (SSSR count). The molecule has 0 atom stereocenters. The number of rotatable bonds is 1. The van der Waals surface area contributed by atoms with E-state index in [-0.39, 0.29) is 11.6 Å². The fraction of sp³-hybridized carbons (Fsp3) is 0.500. The van der Waals surface area contributed by atoms with Crippen LogP contribution in [0.2, 0.25) is 0 Å². The standard InChI is InChI=1S/C6H8N4O.C2H6/c1-4-8-3-5(10-9-4)6(11)7-2;1-2/h3H,1-2H3,(H,7,11);1-2H3. The molecule has 1 heterocycles. The molecule has 0 aliphatic rings. The number of nitrogens with zero attached hydrogens (tertiary/aromatic N) is 3. The van der Waals surface area contributed by atoms with Crippen molar-refractivity contribution in [2.45, 2.75) is 20.8 Å². The first-order valence-electron chi connectivity index (χ1n) is 4.12. The molecule has 0 saturated heterocycles. The monoisotopic (exact) mass is 182 g/mol. The summed E-state index contributed by atoms with van der Waals surface area (Å²) < 4.78 is 0. The first-order chi connectivity index (χ1) is 6.24. The van der Waals surface area contributed by atoms with Gasteiger partial charge in [-0.1, -0.05) is 13.8 Å². The van der Waals surface area contributed by atoms with E-state index in [1.54, 1.807) is 6.92 Å². The Labute approximate surface area is 77.6 Å². The predicted octanol–water partition coefficient (Wildman–Crippen LogP) is 0.566. The van der Waals surface area contributed by atoms with Crippen molar-refractivity contribution in [2.24, 2.45) is 0 Å². The Kier molecular flexibility index (Phi) is 5.34. The van der Waals surface area contributed by atoms with Gasteiger partial charge in [-0.05, 0) is 6.92 Å².